The van der Waals surface area contributed by atoms with Gasteiger partial charge in [0.1, 0.15) is 10.7 Å². The van der Waals surface area contributed by atoms with Gasteiger partial charge in [0.2, 0.25) is 10.0 Å². The second-order valence-corrected chi connectivity index (χ2v) is 6.92. The van der Waals surface area contributed by atoms with Crippen molar-refractivity contribution in [2.24, 2.45) is 0 Å². The predicted octanol–water partition coefficient (Wildman–Crippen LogP) is 3.41. The monoisotopic (exact) mass is 353 g/mol. The average molecular weight is 355 g/mol. The third kappa shape index (κ3) is 3.27. The van der Waals surface area contributed by atoms with Gasteiger partial charge < -0.3 is 4.98 Å². The topological polar surface area (TPSA) is 74.8 Å². The van der Waals surface area contributed by atoms with Gasteiger partial charge in [-0.15, -0.1) is 0 Å². The smallest absolute Gasteiger partial charge is 0.244 e. The molecule has 1 aromatic heterocycles. The summed E-state index contributed by atoms with van der Waals surface area (Å²) in [7, 11) is -3.90. The highest BCUT2D eigenvalue weighted by atomic mass is 35.5. The summed E-state index contributed by atoms with van der Waals surface area (Å²) in [6, 6.07) is 2.08. The zero-order valence-corrected chi connectivity index (χ0v) is 13.3. The van der Waals surface area contributed by atoms with Crippen LogP contribution in [0.25, 0.3) is 0 Å². The summed E-state index contributed by atoms with van der Waals surface area (Å²) < 4.78 is 27.1. The van der Waals surface area contributed by atoms with Crippen molar-refractivity contribution in [3.8, 4) is 0 Å². The molecule has 0 aliphatic heterocycles. The fourth-order valence-electron chi connectivity index (χ4n) is 1.65. The third-order valence-electron chi connectivity index (χ3n) is 2.49. The van der Waals surface area contributed by atoms with E-state index in [0.29, 0.717) is 5.82 Å². The molecule has 0 fully saturated rings. The number of nitrogens with zero attached hydrogens (tertiary/aromatic N) is 1. The van der Waals surface area contributed by atoms with E-state index in [9.17, 15) is 8.42 Å². The Morgan fingerprint density at radius 1 is 1.25 bits per heavy atom. The molecule has 5 nitrogen and oxygen atoms in total. The first kappa shape index (κ1) is 15.6. The maximum atomic E-state index is 12.3. The molecule has 20 heavy (non-hydrogen) atoms. The van der Waals surface area contributed by atoms with E-state index in [0.717, 1.165) is 0 Å². The number of hydrogen-bond acceptors (Lipinski definition) is 3. The van der Waals surface area contributed by atoms with Crippen molar-refractivity contribution >= 4 is 44.8 Å². The minimum Gasteiger partial charge on any atom is -0.347 e. The molecule has 9 heteroatoms. The van der Waals surface area contributed by atoms with E-state index in [-0.39, 0.29) is 20.0 Å². The number of aromatic nitrogens is 2. The third-order valence-corrected chi connectivity index (χ3v) is 5.17. The predicted molar refractivity (Wildman–Crippen MR) is 78.8 cm³/mol. The number of benzene rings is 1. The Morgan fingerprint density at radius 2 is 1.85 bits per heavy atom. The Labute approximate surface area is 131 Å². The Kier molecular flexibility index (Phi) is 4.61. The molecule has 2 aromatic rings. The molecule has 0 saturated carbocycles. The second kappa shape index (κ2) is 5.91. The molecule has 0 saturated heterocycles. The minimum atomic E-state index is -3.90. The summed E-state index contributed by atoms with van der Waals surface area (Å²) in [4.78, 5) is 6.60. The highest BCUT2D eigenvalue weighted by molar-refractivity contribution is 7.89. The lowest BCUT2D eigenvalue weighted by atomic mass is 10.3. The number of hydrogen-bond donors (Lipinski definition) is 2. The maximum absolute atomic E-state index is 12.3. The molecule has 1 atom stereocenters. The molecule has 1 aromatic carbocycles. The molecule has 0 aliphatic carbocycles. The molecule has 0 bridgehead atoms. The van der Waals surface area contributed by atoms with Crippen LogP contribution in [0.5, 0.6) is 0 Å². The average Bonchev–Trinajstić information content (AvgIpc) is 2.78. The van der Waals surface area contributed by atoms with Gasteiger partial charge in [0.05, 0.1) is 16.1 Å². The van der Waals surface area contributed by atoms with Gasteiger partial charge >= 0.3 is 0 Å². The first-order valence-corrected chi connectivity index (χ1v) is 8.09. The summed E-state index contributed by atoms with van der Waals surface area (Å²) >= 11 is 17.6. The molecule has 2 rings (SSSR count). The van der Waals surface area contributed by atoms with E-state index in [1.165, 1.54) is 18.3 Å². The van der Waals surface area contributed by atoms with E-state index < -0.39 is 16.1 Å². The van der Waals surface area contributed by atoms with Crippen LogP contribution in [0, 0.1) is 0 Å². The zero-order valence-electron chi connectivity index (χ0n) is 10.2. The number of sulfonamides is 1. The molecular formula is C11H10Cl3N3O2S. The van der Waals surface area contributed by atoms with Crippen molar-refractivity contribution in [2.75, 3.05) is 0 Å². The van der Waals surface area contributed by atoms with Crippen molar-refractivity contribution in [1.82, 2.24) is 14.7 Å². The Bertz CT molecular complexity index is 694. The van der Waals surface area contributed by atoms with Crippen LogP contribution < -0.4 is 4.72 Å². The number of aromatic amines is 1. The first-order chi connectivity index (χ1) is 9.31. The largest absolute Gasteiger partial charge is 0.347 e. The Balaban J connectivity index is 2.37. The minimum absolute atomic E-state index is 0.0401. The maximum Gasteiger partial charge on any atom is 0.244 e. The van der Waals surface area contributed by atoms with Crippen LogP contribution >= 0.6 is 34.8 Å². The molecular weight excluding hydrogens is 345 g/mol. The Hall–Kier alpha value is -0.790. The normalized spacial score (nSPS) is 13.4. The highest BCUT2D eigenvalue weighted by Gasteiger charge is 2.25. The van der Waals surface area contributed by atoms with E-state index in [2.05, 4.69) is 14.7 Å². The van der Waals surface area contributed by atoms with Crippen molar-refractivity contribution in [1.29, 1.82) is 0 Å². The van der Waals surface area contributed by atoms with E-state index >= 15 is 0 Å². The summed E-state index contributed by atoms with van der Waals surface area (Å²) in [6.45, 7) is 1.65. The quantitative estimate of drug-likeness (QED) is 0.883. The fourth-order valence-corrected chi connectivity index (χ4v) is 4.40. The van der Waals surface area contributed by atoms with Crippen LogP contribution in [0.1, 0.15) is 18.8 Å². The fraction of sp³-hybridized carbons (Fsp3) is 0.182. The molecule has 0 spiro atoms. The molecule has 0 aliphatic rings. The summed E-state index contributed by atoms with van der Waals surface area (Å²) in [5.41, 5.74) is 0. The molecule has 2 N–H and O–H groups in total. The van der Waals surface area contributed by atoms with Gasteiger partial charge in [-0.2, -0.15) is 0 Å². The lowest BCUT2D eigenvalue weighted by Crippen LogP contribution is -2.28. The van der Waals surface area contributed by atoms with Crippen LogP contribution in [0.4, 0.5) is 0 Å². The highest BCUT2D eigenvalue weighted by Crippen LogP contribution is 2.33. The Morgan fingerprint density at radius 3 is 2.35 bits per heavy atom. The molecule has 0 amide bonds. The zero-order chi connectivity index (χ0) is 14.9. The SMILES string of the molecule is CC(NS(=O)(=O)c1c(Cl)cc(Cl)cc1Cl)c1ncc[nH]1. The number of halogens is 3. The van der Waals surface area contributed by atoms with Gasteiger partial charge in [0.15, 0.2) is 0 Å². The summed E-state index contributed by atoms with van der Waals surface area (Å²) in [6.07, 6.45) is 3.13. The van der Waals surface area contributed by atoms with Crippen molar-refractivity contribution in [3.63, 3.8) is 0 Å². The second-order valence-electron chi connectivity index (χ2n) is 4.02. The van der Waals surface area contributed by atoms with Crippen molar-refractivity contribution in [2.45, 2.75) is 17.9 Å². The molecule has 108 valence electrons. The van der Waals surface area contributed by atoms with Gasteiger partial charge in [-0.3, -0.25) is 0 Å². The van der Waals surface area contributed by atoms with Gasteiger partial charge in [0, 0.05) is 17.4 Å². The van der Waals surface area contributed by atoms with Crippen molar-refractivity contribution < 1.29 is 8.42 Å². The van der Waals surface area contributed by atoms with E-state index in [1.807, 2.05) is 0 Å². The lowest BCUT2D eigenvalue weighted by Gasteiger charge is -2.14. The van der Waals surface area contributed by atoms with E-state index in [4.69, 9.17) is 34.8 Å². The molecule has 1 heterocycles. The van der Waals surface area contributed by atoms with Crippen molar-refractivity contribution in [3.05, 3.63) is 45.4 Å². The van der Waals surface area contributed by atoms with Gasteiger partial charge in [-0.1, -0.05) is 34.8 Å². The molecule has 0 radical (unpaired) electrons. The van der Waals surface area contributed by atoms with Crippen LogP contribution in [-0.2, 0) is 10.0 Å². The number of imidazole rings is 1. The van der Waals surface area contributed by atoms with Crippen LogP contribution in [0.15, 0.2) is 29.4 Å². The van der Waals surface area contributed by atoms with Gasteiger partial charge in [-0.25, -0.2) is 18.1 Å². The van der Waals surface area contributed by atoms with Crippen LogP contribution in [0.2, 0.25) is 15.1 Å². The lowest BCUT2D eigenvalue weighted by molar-refractivity contribution is 0.561. The van der Waals surface area contributed by atoms with Crippen LogP contribution in [-0.4, -0.2) is 18.4 Å². The van der Waals surface area contributed by atoms with Gasteiger partial charge in [0.25, 0.3) is 0 Å². The standard InChI is InChI=1S/C11H10Cl3N3O2S/c1-6(11-15-2-3-16-11)17-20(18,19)10-8(13)4-7(12)5-9(10)14/h2-6,17H,1H3,(H,15,16). The molecule has 1 unspecified atom stereocenters. The van der Waals surface area contributed by atoms with E-state index in [1.54, 1.807) is 13.1 Å². The van der Waals surface area contributed by atoms with Gasteiger partial charge in [-0.05, 0) is 19.1 Å². The van der Waals surface area contributed by atoms with Crippen LogP contribution in [0.3, 0.4) is 0 Å². The summed E-state index contributed by atoms with van der Waals surface area (Å²) in [5.74, 6) is 0.481. The number of rotatable bonds is 4. The number of nitrogens with one attached hydrogen (secondary N) is 2. The number of H-pyrrole nitrogens is 1. The first-order valence-electron chi connectivity index (χ1n) is 5.47. The summed E-state index contributed by atoms with van der Waals surface area (Å²) in [5, 5.41) is 0.182.